The molecule has 0 radical (unpaired) electrons. The normalized spacial score (nSPS) is 29.8. The third-order valence-electron chi connectivity index (χ3n) is 2.45. The zero-order valence-electron chi connectivity index (χ0n) is 7.27. The summed E-state index contributed by atoms with van der Waals surface area (Å²) in [6, 6.07) is 0.910. The molecule has 2 N–H and O–H groups in total. The molecular weight excluding hydrogens is 176 g/mol. The van der Waals surface area contributed by atoms with Crippen molar-refractivity contribution < 1.29 is 4.79 Å². The first kappa shape index (κ1) is 9.81. The van der Waals surface area contributed by atoms with Gasteiger partial charge in [-0.05, 0) is 44.3 Å². The third kappa shape index (κ3) is 2.99. The summed E-state index contributed by atoms with van der Waals surface area (Å²) in [4.78, 5) is 10.5. The van der Waals surface area contributed by atoms with E-state index in [0.29, 0.717) is 12.1 Å². The number of amides is 1. The van der Waals surface area contributed by atoms with E-state index in [1.165, 1.54) is 0 Å². The van der Waals surface area contributed by atoms with Crippen LogP contribution in [0.2, 0.25) is 0 Å². The van der Waals surface area contributed by atoms with E-state index in [1.54, 1.807) is 0 Å². The van der Waals surface area contributed by atoms with Crippen LogP contribution >= 0.6 is 11.6 Å². The maximum atomic E-state index is 10.5. The number of halogens is 1. The number of carbonyl (C=O) groups excluding carboxylic acids is 1. The predicted molar refractivity (Wildman–Crippen MR) is 49.5 cm³/mol. The molecule has 1 aliphatic rings. The Hall–Kier alpha value is -0.280. The second-order valence-electron chi connectivity index (χ2n) is 3.26. The first-order chi connectivity index (χ1) is 5.72. The van der Waals surface area contributed by atoms with Crippen molar-refractivity contribution in [2.24, 2.45) is 0 Å². The Morgan fingerprint density at radius 3 is 2.17 bits per heavy atom. The van der Waals surface area contributed by atoms with Crippen LogP contribution in [0.1, 0.15) is 25.7 Å². The van der Waals surface area contributed by atoms with Crippen molar-refractivity contribution in [3.05, 3.63) is 0 Å². The van der Waals surface area contributed by atoms with E-state index in [0.717, 1.165) is 25.7 Å². The van der Waals surface area contributed by atoms with Crippen LogP contribution in [-0.4, -0.2) is 24.5 Å². The minimum Gasteiger partial charge on any atom is -0.340 e. The Morgan fingerprint density at radius 2 is 1.75 bits per heavy atom. The van der Waals surface area contributed by atoms with Crippen LogP contribution in [0.4, 0.5) is 4.79 Å². The molecule has 0 saturated heterocycles. The Balaban J connectivity index is 2.21. The van der Waals surface area contributed by atoms with E-state index in [1.807, 2.05) is 7.05 Å². The van der Waals surface area contributed by atoms with Gasteiger partial charge in [-0.15, -0.1) is 0 Å². The third-order valence-corrected chi connectivity index (χ3v) is 2.56. The van der Waals surface area contributed by atoms with Gasteiger partial charge in [0.25, 0.3) is 0 Å². The Morgan fingerprint density at radius 1 is 1.25 bits per heavy atom. The highest BCUT2D eigenvalue weighted by molar-refractivity contribution is 6.62. The summed E-state index contributed by atoms with van der Waals surface area (Å²) in [6.45, 7) is 0. The fourth-order valence-electron chi connectivity index (χ4n) is 1.69. The Bertz CT molecular complexity index is 155. The van der Waals surface area contributed by atoms with Crippen molar-refractivity contribution >= 4 is 17.0 Å². The van der Waals surface area contributed by atoms with E-state index < -0.39 is 5.37 Å². The number of hydrogen-bond acceptors (Lipinski definition) is 2. The highest BCUT2D eigenvalue weighted by Crippen LogP contribution is 2.18. The molecule has 0 unspecified atom stereocenters. The van der Waals surface area contributed by atoms with Crippen molar-refractivity contribution in [3.8, 4) is 0 Å². The summed E-state index contributed by atoms with van der Waals surface area (Å²) < 4.78 is 0. The monoisotopic (exact) mass is 190 g/mol. The van der Waals surface area contributed by atoms with Crippen molar-refractivity contribution in [1.29, 1.82) is 0 Å². The van der Waals surface area contributed by atoms with Gasteiger partial charge in [0, 0.05) is 12.1 Å². The molecule has 0 aliphatic heterocycles. The van der Waals surface area contributed by atoms with Crippen LogP contribution in [0.15, 0.2) is 0 Å². The van der Waals surface area contributed by atoms with E-state index in [2.05, 4.69) is 10.6 Å². The minimum atomic E-state index is -0.428. The van der Waals surface area contributed by atoms with E-state index in [9.17, 15) is 4.79 Å². The molecular formula is C8H15ClN2O. The fraction of sp³-hybridized carbons (Fsp3) is 0.875. The van der Waals surface area contributed by atoms with Crippen LogP contribution in [0.5, 0.6) is 0 Å². The lowest BCUT2D eigenvalue weighted by molar-refractivity contribution is 0.249. The lowest BCUT2D eigenvalue weighted by atomic mass is 9.91. The van der Waals surface area contributed by atoms with Crippen molar-refractivity contribution in [3.63, 3.8) is 0 Å². The maximum Gasteiger partial charge on any atom is 0.314 e. The average Bonchev–Trinajstić information content (AvgIpc) is 2.05. The van der Waals surface area contributed by atoms with E-state index >= 15 is 0 Å². The van der Waals surface area contributed by atoms with Crippen LogP contribution in [-0.2, 0) is 0 Å². The van der Waals surface area contributed by atoms with Gasteiger partial charge in [0.1, 0.15) is 0 Å². The number of rotatable bonds is 2. The summed E-state index contributed by atoms with van der Waals surface area (Å²) in [5.41, 5.74) is 0. The summed E-state index contributed by atoms with van der Waals surface area (Å²) in [7, 11) is 1.98. The maximum absolute atomic E-state index is 10.5. The fourth-order valence-corrected chi connectivity index (χ4v) is 1.84. The summed E-state index contributed by atoms with van der Waals surface area (Å²) in [5, 5.41) is 5.53. The zero-order valence-corrected chi connectivity index (χ0v) is 8.03. The van der Waals surface area contributed by atoms with Crippen LogP contribution < -0.4 is 10.6 Å². The smallest absolute Gasteiger partial charge is 0.314 e. The molecule has 0 aromatic heterocycles. The number of nitrogens with one attached hydrogen (secondary N) is 2. The topological polar surface area (TPSA) is 41.1 Å². The quantitative estimate of drug-likeness (QED) is 0.512. The molecule has 1 saturated carbocycles. The van der Waals surface area contributed by atoms with Gasteiger partial charge in [0.15, 0.2) is 0 Å². The van der Waals surface area contributed by atoms with Gasteiger partial charge in [0.2, 0.25) is 0 Å². The Kier molecular flexibility index (Phi) is 3.82. The molecule has 3 nitrogen and oxygen atoms in total. The van der Waals surface area contributed by atoms with Gasteiger partial charge in [0.05, 0.1) is 0 Å². The molecule has 0 atom stereocenters. The minimum absolute atomic E-state index is 0.291. The molecule has 1 amide bonds. The predicted octanol–water partition coefficient (Wildman–Crippen LogP) is 1.47. The van der Waals surface area contributed by atoms with Crippen LogP contribution in [0.25, 0.3) is 0 Å². The molecule has 1 fully saturated rings. The van der Waals surface area contributed by atoms with Crippen molar-refractivity contribution in [2.45, 2.75) is 37.8 Å². The molecule has 70 valence electrons. The van der Waals surface area contributed by atoms with E-state index in [-0.39, 0.29) is 0 Å². The zero-order chi connectivity index (χ0) is 8.97. The van der Waals surface area contributed by atoms with Gasteiger partial charge in [-0.3, -0.25) is 4.79 Å². The molecule has 0 aromatic rings. The first-order valence-corrected chi connectivity index (χ1v) is 4.73. The van der Waals surface area contributed by atoms with Gasteiger partial charge in [-0.1, -0.05) is 0 Å². The SMILES string of the molecule is CNC1CCC(NC(=O)Cl)CC1. The highest BCUT2D eigenvalue weighted by Gasteiger charge is 2.20. The number of hydrogen-bond donors (Lipinski definition) is 2. The highest BCUT2D eigenvalue weighted by atomic mass is 35.5. The van der Waals surface area contributed by atoms with Crippen LogP contribution in [0, 0.1) is 0 Å². The largest absolute Gasteiger partial charge is 0.340 e. The first-order valence-electron chi connectivity index (χ1n) is 4.35. The van der Waals surface area contributed by atoms with Crippen molar-refractivity contribution in [2.75, 3.05) is 7.05 Å². The number of carbonyl (C=O) groups is 1. The second-order valence-corrected chi connectivity index (χ2v) is 3.60. The lowest BCUT2D eigenvalue weighted by Crippen LogP contribution is -2.39. The lowest BCUT2D eigenvalue weighted by Gasteiger charge is -2.27. The molecule has 1 rings (SSSR count). The average molecular weight is 191 g/mol. The Labute approximate surface area is 77.9 Å². The molecule has 1 aliphatic carbocycles. The summed E-state index contributed by atoms with van der Waals surface area (Å²) in [5.74, 6) is 0. The van der Waals surface area contributed by atoms with Crippen LogP contribution in [0.3, 0.4) is 0 Å². The van der Waals surface area contributed by atoms with Gasteiger partial charge in [-0.2, -0.15) is 0 Å². The standard InChI is InChI=1S/C8H15ClN2O/c1-10-6-2-4-7(5-3-6)11-8(9)12/h6-7,10H,2-5H2,1H3,(H,11,12). The molecule has 0 aromatic carbocycles. The molecule has 0 heterocycles. The van der Waals surface area contributed by atoms with Gasteiger partial charge < -0.3 is 10.6 Å². The van der Waals surface area contributed by atoms with E-state index in [4.69, 9.17) is 11.6 Å². The molecule has 12 heavy (non-hydrogen) atoms. The second kappa shape index (κ2) is 4.67. The summed E-state index contributed by atoms with van der Waals surface area (Å²) >= 11 is 5.22. The van der Waals surface area contributed by atoms with Crippen molar-refractivity contribution in [1.82, 2.24) is 10.6 Å². The molecule has 4 heteroatoms. The molecule has 0 bridgehead atoms. The van der Waals surface area contributed by atoms with Gasteiger partial charge in [-0.25, -0.2) is 0 Å². The van der Waals surface area contributed by atoms with Gasteiger partial charge >= 0.3 is 5.37 Å². The molecule has 0 spiro atoms. The summed E-state index contributed by atoms with van der Waals surface area (Å²) in [6.07, 6.45) is 4.31.